The lowest BCUT2D eigenvalue weighted by Gasteiger charge is -2.30. The maximum Gasteiger partial charge on any atom is 0.149 e. The number of nitrogens with one attached hydrogen (secondary N) is 1. The zero-order valence-corrected chi connectivity index (χ0v) is 20.3. The number of anilines is 1. The standard InChI is InChI=1S/C32H23ClN2/c1-32(2)14-13-29(35-31-28(33)12-7-15-34-31)27-17-19-16-25-22-10-5-3-8-20(22)21-9-4-6-11-23(21)26(25)18-24(19)30(27)32/h3-18H,1-2H3,(H,34,35). The van der Waals surface area contributed by atoms with Crippen LogP contribution in [0.1, 0.15) is 13.8 Å². The molecule has 0 fully saturated rings. The van der Waals surface area contributed by atoms with Crippen molar-refractivity contribution in [1.29, 1.82) is 0 Å². The van der Waals surface area contributed by atoms with Crippen LogP contribution in [0, 0.1) is 5.41 Å². The average Bonchev–Trinajstić information content (AvgIpc) is 3.26. The zero-order valence-electron chi connectivity index (χ0n) is 19.6. The van der Waals surface area contributed by atoms with Crippen LogP contribution in [-0.4, -0.2) is 4.98 Å². The van der Waals surface area contributed by atoms with E-state index in [1.165, 1.54) is 53.9 Å². The summed E-state index contributed by atoms with van der Waals surface area (Å²) in [6.45, 7) is 4.57. The molecule has 0 saturated carbocycles. The van der Waals surface area contributed by atoms with Crippen molar-refractivity contribution < 1.29 is 0 Å². The van der Waals surface area contributed by atoms with E-state index >= 15 is 0 Å². The Labute approximate surface area is 208 Å². The van der Waals surface area contributed by atoms with Gasteiger partial charge in [0.15, 0.2) is 0 Å². The highest BCUT2D eigenvalue weighted by molar-refractivity contribution is 6.33. The van der Waals surface area contributed by atoms with Gasteiger partial charge in [0.2, 0.25) is 0 Å². The Morgan fingerprint density at radius 2 is 1.40 bits per heavy atom. The fourth-order valence-corrected chi connectivity index (χ4v) is 5.93. The van der Waals surface area contributed by atoms with E-state index in [0.29, 0.717) is 10.8 Å². The van der Waals surface area contributed by atoms with Gasteiger partial charge in [-0.25, -0.2) is 4.98 Å². The van der Waals surface area contributed by atoms with Gasteiger partial charge in [0.1, 0.15) is 5.82 Å². The first-order chi connectivity index (χ1) is 17.0. The predicted octanol–water partition coefficient (Wildman–Crippen LogP) is 7.10. The highest BCUT2D eigenvalue weighted by atomic mass is 35.5. The average molecular weight is 471 g/mol. The van der Waals surface area contributed by atoms with Crippen molar-refractivity contribution in [3.63, 3.8) is 0 Å². The molecule has 4 aromatic carbocycles. The molecule has 35 heavy (non-hydrogen) atoms. The van der Waals surface area contributed by atoms with E-state index in [1.807, 2.05) is 12.1 Å². The van der Waals surface area contributed by atoms with Gasteiger partial charge in [-0.05, 0) is 84.7 Å². The minimum absolute atomic E-state index is 0.101. The quantitative estimate of drug-likeness (QED) is 0.278. The summed E-state index contributed by atoms with van der Waals surface area (Å²) in [5.41, 5.74) is 3.47. The molecular weight excluding hydrogens is 448 g/mol. The Kier molecular flexibility index (Phi) is 4.28. The molecule has 0 bridgehead atoms. The Balaban J connectivity index is 1.59. The van der Waals surface area contributed by atoms with Gasteiger partial charge in [0.25, 0.3) is 0 Å². The molecule has 7 rings (SSSR count). The molecule has 2 aliphatic rings. The van der Waals surface area contributed by atoms with Gasteiger partial charge in [-0.3, -0.25) is 0 Å². The second-order valence-electron chi connectivity index (χ2n) is 9.94. The number of halogens is 1. The van der Waals surface area contributed by atoms with E-state index in [9.17, 15) is 0 Å². The fourth-order valence-electron chi connectivity index (χ4n) is 5.76. The van der Waals surface area contributed by atoms with Crippen LogP contribution in [0.15, 0.2) is 102 Å². The lowest BCUT2D eigenvalue weighted by Crippen LogP contribution is -2.28. The summed E-state index contributed by atoms with van der Waals surface area (Å²) < 4.78 is 0. The van der Waals surface area contributed by atoms with Crippen LogP contribution in [0.25, 0.3) is 44.0 Å². The molecule has 3 heteroatoms. The Bertz CT molecular complexity index is 1910. The lowest BCUT2D eigenvalue weighted by atomic mass is 9.76. The molecule has 0 saturated heterocycles. The van der Waals surface area contributed by atoms with Crippen molar-refractivity contribution in [2.24, 2.45) is 5.41 Å². The van der Waals surface area contributed by atoms with Gasteiger partial charge in [-0.15, -0.1) is 0 Å². The third-order valence-electron chi connectivity index (χ3n) is 7.37. The third kappa shape index (κ3) is 3.00. The molecule has 0 aliphatic heterocycles. The first-order valence-electron chi connectivity index (χ1n) is 11.9. The molecule has 2 nitrogen and oxygen atoms in total. The van der Waals surface area contributed by atoms with Crippen molar-refractivity contribution in [2.75, 3.05) is 5.32 Å². The molecule has 0 unspecified atom stereocenters. The van der Waals surface area contributed by atoms with E-state index in [4.69, 9.17) is 11.6 Å². The summed E-state index contributed by atoms with van der Waals surface area (Å²) in [6.07, 6.45) is 8.52. The third-order valence-corrected chi connectivity index (χ3v) is 7.67. The molecule has 0 spiro atoms. The van der Waals surface area contributed by atoms with Crippen molar-refractivity contribution in [2.45, 2.75) is 13.8 Å². The second kappa shape index (κ2) is 7.31. The minimum atomic E-state index is -0.101. The smallest absolute Gasteiger partial charge is 0.149 e. The summed E-state index contributed by atoms with van der Waals surface area (Å²) in [5, 5.41) is 14.4. The number of pyridine rings is 1. The van der Waals surface area contributed by atoms with E-state index in [2.05, 4.69) is 103 Å². The summed E-state index contributed by atoms with van der Waals surface area (Å²) in [5.74, 6) is 0.673. The van der Waals surface area contributed by atoms with E-state index in [1.54, 1.807) is 6.20 Å². The molecule has 0 radical (unpaired) electrons. The van der Waals surface area contributed by atoms with Crippen LogP contribution in [0.3, 0.4) is 0 Å². The van der Waals surface area contributed by atoms with Crippen LogP contribution in [0.2, 0.25) is 5.02 Å². The number of hydrogen-bond acceptors (Lipinski definition) is 2. The first kappa shape index (κ1) is 20.5. The van der Waals surface area contributed by atoms with Gasteiger partial charge >= 0.3 is 0 Å². The number of nitrogens with zero attached hydrogens (tertiary/aromatic N) is 1. The largest absolute Gasteiger partial charge is 0.339 e. The van der Waals surface area contributed by atoms with Gasteiger partial charge in [-0.2, -0.15) is 0 Å². The van der Waals surface area contributed by atoms with Gasteiger partial charge < -0.3 is 5.32 Å². The van der Waals surface area contributed by atoms with Crippen LogP contribution in [0.4, 0.5) is 5.82 Å². The second-order valence-corrected chi connectivity index (χ2v) is 10.3. The molecule has 168 valence electrons. The number of aromatic nitrogens is 1. The Hall–Kier alpha value is -3.88. The number of fused-ring (bicyclic) bond motifs is 8. The maximum absolute atomic E-state index is 6.42. The normalized spacial score (nSPS) is 16.0. The van der Waals surface area contributed by atoms with Gasteiger partial charge in [0, 0.05) is 22.9 Å². The van der Waals surface area contributed by atoms with Crippen LogP contribution in [0.5, 0.6) is 0 Å². The molecular formula is C32H23ClN2. The zero-order chi connectivity index (χ0) is 23.7. The van der Waals surface area contributed by atoms with Crippen molar-refractivity contribution in [1.82, 2.24) is 4.98 Å². The molecule has 1 N–H and O–H groups in total. The Morgan fingerprint density at radius 1 is 0.771 bits per heavy atom. The van der Waals surface area contributed by atoms with Crippen molar-refractivity contribution in [3.8, 4) is 0 Å². The van der Waals surface area contributed by atoms with Crippen LogP contribution >= 0.6 is 11.6 Å². The Morgan fingerprint density at radius 3 is 2.06 bits per heavy atom. The first-order valence-corrected chi connectivity index (χ1v) is 12.3. The molecule has 0 amide bonds. The summed E-state index contributed by atoms with van der Waals surface area (Å²) in [7, 11) is 0. The highest BCUT2D eigenvalue weighted by Crippen LogP contribution is 2.42. The fraction of sp³-hybridized carbons (Fsp3) is 0.0938. The summed E-state index contributed by atoms with van der Waals surface area (Å²) >= 11 is 6.42. The van der Waals surface area contributed by atoms with Crippen LogP contribution < -0.4 is 15.8 Å². The number of benzene rings is 4. The number of allylic oxidation sites excluding steroid dienone is 3. The van der Waals surface area contributed by atoms with Crippen LogP contribution in [-0.2, 0) is 0 Å². The SMILES string of the molecule is CC1(C)C=CC(Nc2ncccc2Cl)=C2C=c3cc4c5ccccc5c5ccccc5c4cc3=C21. The maximum atomic E-state index is 6.42. The molecule has 2 aliphatic carbocycles. The van der Waals surface area contributed by atoms with E-state index < -0.39 is 0 Å². The minimum Gasteiger partial charge on any atom is -0.339 e. The molecule has 1 aromatic heterocycles. The van der Waals surface area contributed by atoms with E-state index in [-0.39, 0.29) is 5.41 Å². The number of rotatable bonds is 2. The van der Waals surface area contributed by atoms with Crippen molar-refractivity contribution >= 4 is 61.4 Å². The lowest BCUT2D eigenvalue weighted by molar-refractivity contribution is 0.642. The van der Waals surface area contributed by atoms with E-state index in [0.717, 1.165) is 5.70 Å². The molecule has 1 heterocycles. The van der Waals surface area contributed by atoms with Crippen molar-refractivity contribution in [3.05, 3.63) is 118 Å². The topological polar surface area (TPSA) is 24.9 Å². The molecule has 0 atom stereocenters. The summed E-state index contributed by atoms with van der Waals surface area (Å²) in [4.78, 5) is 4.45. The molecule has 5 aromatic rings. The highest BCUT2D eigenvalue weighted by Gasteiger charge is 2.31. The summed E-state index contributed by atoms with van der Waals surface area (Å²) in [6, 6.07) is 26.0. The van der Waals surface area contributed by atoms with Gasteiger partial charge in [0.05, 0.1) is 5.02 Å². The predicted molar refractivity (Wildman–Crippen MR) is 149 cm³/mol. The monoisotopic (exact) mass is 470 g/mol. The number of hydrogen-bond donors (Lipinski definition) is 1. The van der Waals surface area contributed by atoms with Gasteiger partial charge in [-0.1, -0.05) is 80.1 Å².